The van der Waals surface area contributed by atoms with E-state index in [2.05, 4.69) is 15.1 Å². The van der Waals surface area contributed by atoms with Crippen molar-refractivity contribution in [2.45, 2.75) is 32.7 Å². The fourth-order valence-electron chi connectivity index (χ4n) is 3.75. The molecule has 1 atom stereocenters. The van der Waals surface area contributed by atoms with Gasteiger partial charge in [0.25, 0.3) is 5.91 Å². The van der Waals surface area contributed by atoms with Crippen LogP contribution in [0.5, 0.6) is 0 Å². The average molecular weight is 408 g/mol. The first-order valence-corrected chi connectivity index (χ1v) is 9.61. The minimum atomic E-state index is -0.633. The molecule has 9 heteroatoms. The van der Waals surface area contributed by atoms with Crippen molar-refractivity contribution in [1.82, 2.24) is 24.6 Å². The highest BCUT2D eigenvalue weighted by Crippen LogP contribution is 2.27. The molecule has 1 fully saturated rings. The van der Waals surface area contributed by atoms with E-state index < -0.39 is 6.04 Å². The van der Waals surface area contributed by atoms with Gasteiger partial charge in [-0.15, -0.1) is 0 Å². The van der Waals surface area contributed by atoms with Crippen LogP contribution < -0.4 is 5.73 Å². The maximum Gasteiger partial charge on any atom is 0.257 e. The van der Waals surface area contributed by atoms with Gasteiger partial charge in [-0.05, 0) is 51.0 Å². The van der Waals surface area contributed by atoms with Crippen LogP contribution in [0.15, 0.2) is 36.7 Å². The number of nitrogens with zero attached hydrogens (tertiary/aromatic N) is 5. The van der Waals surface area contributed by atoms with Gasteiger partial charge < -0.3 is 10.6 Å². The number of Topliss-reactive ketones (excluding diaryl/α,β-unsaturated/α-hetero) is 1. The number of anilines is 1. The number of nitrogens with two attached hydrogens (primary N) is 1. The maximum atomic E-state index is 13.2. The number of nitrogen functional groups attached to an aromatic ring is 1. The van der Waals surface area contributed by atoms with E-state index in [-0.39, 0.29) is 28.9 Å². The van der Waals surface area contributed by atoms with Crippen molar-refractivity contribution in [3.63, 3.8) is 0 Å². The number of aryl methyl sites for hydroxylation is 2. The number of carbonyl (C=O) groups is 2. The highest BCUT2D eigenvalue weighted by Gasteiger charge is 2.37. The number of carbonyl (C=O) groups excluding carboxylic acids is 2. The fourth-order valence-corrected chi connectivity index (χ4v) is 3.75. The zero-order chi connectivity index (χ0) is 21.4. The molecule has 2 N–H and O–H groups in total. The second-order valence-corrected chi connectivity index (χ2v) is 7.27. The molecule has 0 bridgehead atoms. The molecule has 1 aromatic carbocycles. The Morgan fingerprint density at radius 2 is 1.87 bits per heavy atom. The van der Waals surface area contributed by atoms with E-state index in [1.807, 2.05) is 0 Å². The summed E-state index contributed by atoms with van der Waals surface area (Å²) in [7, 11) is 0. The predicted octanol–water partition coefficient (Wildman–Crippen LogP) is 2.49. The molecule has 1 saturated heterocycles. The van der Waals surface area contributed by atoms with E-state index in [0.717, 1.165) is 0 Å². The number of hydrogen-bond donors (Lipinski definition) is 1. The molecule has 2 aromatic heterocycles. The van der Waals surface area contributed by atoms with Gasteiger partial charge in [-0.2, -0.15) is 5.10 Å². The molecule has 1 aliphatic rings. The molecule has 3 heterocycles. The van der Waals surface area contributed by atoms with Crippen molar-refractivity contribution < 1.29 is 14.0 Å². The molecule has 0 saturated carbocycles. The Hall–Kier alpha value is -3.62. The lowest BCUT2D eigenvalue weighted by atomic mass is 10.0. The molecule has 0 aliphatic carbocycles. The Kier molecular flexibility index (Phi) is 5.03. The number of aromatic nitrogens is 4. The van der Waals surface area contributed by atoms with Gasteiger partial charge in [-0.1, -0.05) is 0 Å². The van der Waals surface area contributed by atoms with Gasteiger partial charge in [0.2, 0.25) is 0 Å². The van der Waals surface area contributed by atoms with Crippen molar-refractivity contribution in [1.29, 1.82) is 0 Å². The zero-order valence-electron chi connectivity index (χ0n) is 16.7. The topological polar surface area (TPSA) is 107 Å². The van der Waals surface area contributed by atoms with E-state index in [1.54, 1.807) is 18.7 Å². The van der Waals surface area contributed by atoms with Crippen LogP contribution in [0.1, 0.15) is 45.1 Å². The number of benzene rings is 1. The second-order valence-electron chi connectivity index (χ2n) is 7.27. The van der Waals surface area contributed by atoms with E-state index >= 15 is 0 Å². The monoisotopic (exact) mass is 408 g/mol. The van der Waals surface area contributed by atoms with Gasteiger partial charge in [-0.25, -0.2) is 19.0 Å². The second kappa shape index (κ2) is 7.66. The van der Waals surface area contributed by atoms with Crippen LogP contribution in [0.3, 0.4) is 0 Å². The first-order valence-electron chi connectivity index (χ1n) is 9.61. The lowest BCUT2D eigenvalue weighted by Gasteiger charge is -2.24. The number of likely N-dealkylation sites (tertiary alicyclic amines) is 1. The predicted molar refractivity (Wildman–Crippen MR) is 108 cm³/mol. The average Bonchev–Trinajstić information content (AvgIpc) is 3.35. The van der Waals surface area contributed by atoms with Gasteiger partial charge in [0.15, 0.2) is 5.78 Å². The molecule has 8 nitrogen and oxygen atoms in total. The van der Waals surface area contributed by atoms with Crippen molar-refractivity contribution in [3.8, 4) is 5.69 Å². The summed E-state index contributed by atoms with van der Waals surface area (Å²) in [5, 5.41) is 4.18. The van der Waals surface area contributed by atoms with Crippen LogP contribution in [0.25, 0.3) is 5.69 Å². The summed E-state index contributed by atoms with van der Waals surface area (Å²) in [6.07, 6.45) is 4.14. The van der Waals surface area contributed by atoms with Crippen LogP contribution in [0, 0.1) is 19.7 Å². The smallest absolute Gasteiger partial charge is 0.257 e. The summed E-state index contributed by atoms with van der Waals surface area (Å²) < 4.78 is 14.6. The summed E-state index contributed by atoms with van der Waals surface area (Å²) in [5.41, 5.74) is 7.92. The highest BCUT2D eigenvalue weighted by atomic mass is 19.1. The molecule has 154 valence electrons. The molecule has 0 spiro atoms. The molecule has 4 rings (SSSR count). The summed E-state index contributed by atoms with van der Waals surface area (Å²) >= 11 is 0. The summed E-state index contributed by atoms with van der Waals surface area (Å²) in [4.78, 5) is 36.2. The SMILES string of the molecule is Cc1ncc(C(=O)N2CCC[C@H]2C(=O)c2cnn(-c3ccc(F)cc3)c2N)c(C)n1. The summed E-state index contributed by atoms with van der Waals surface area (Å²) in [6, 6.07) is 5.01. The molecule has 3 aromatic rings. The van der Waals surface area contributed by atoms with Crippen LogP contribution in [0.4, 0.5) is 10.2 Å². The zero-order valence-corrected chi connectivity index (χ0v) is 16.7. The van der Waals surface area contributed by atoms with Crippen molar-refractivity contribution in [2.75, 3.05) is 12.3 Å². The van der Waals surface area contributed by atoms with Crippen molar-refractivity contribution in [3.05, 3.63) is 65.1 Å². The number of hydrogen-bond acceptors (Lipinski definition) is 6. The summed E-state index contributed by atoms with van der Waals surface area (Å²) in [5.74, 6) is -0.179. The van der Waals surface area contributed by atoms with Crippen LogP contribution in [-0.4, -0.2) is 48.9 Å². The maximum absolute atomic E-state index is 13.2. The number of amides is 1. The Balaban J connectivity index is 1.61. The first kappa shape index (κ1) is 19.7. The minimum Gasteiger partial charge on any atom is -0.383 e. The molecule has 1 aliphatic heterocycles. The van der Waals surface area contributed by atoms with Crippen LogP contribution >= 0.6 is 0 Å². The third-order valence-electron chi connectivity index (χ3n) is 5.29. The highest BCUT2D eigenvalue weighted by molar-refractivity contribution is 6.07. The van der Waals surface area contributed by atoms with Crippen molar-refractivity contribution in [2.24, 2.45) is 0 Å². The van der Waals surface area contributed by atoms with Gasteiger partial charge in [0.05, 0.1) is 34.7 Å². The third kappa shape index (κ3) is 3.42. The lowest BCUT2D eigenvalue weighted by molar-refractivity contribution is 0.0670. The fraction of sp³-hybridized carbons (Fsp3) is 0.286. The molecular weight excluding hydrogens is 387 g/mol. The molecule has 30 heavy (non-hydrogen) atoms. The minimum absolute atomic E-state index is 0.153. The Morgan fingerprint density at radius 3 is 2.57 bits per heavy atom. The van der Waals surface area contributed by atoms with Crippen molar-refractivity contribution >= 4 is 17.5 Å². The van der Waals surface area contributed by atoms with Crippen LogP contribution in [0.2, 0.25) is 0 Å². The number of halogens is 1. The Labute approximate surface area is 172 Å². The van der Waals surface area contributed by atoms with Gasteiger partial charge in [0.1, 0.15) is 17.5 Å². The van der Waals surface area contributed by atoms with Gasteiger partial charge in [-0.3, -0.25) is 9.59 Å². The first-order chi connectivity index (χ1) is 14.4. The van der Waals surface area contributed by atoms with E-state index in [9.17, 15) is 14.0 Å². The van der Waals surface area contributed by atoms with Gasteiger partial charge in [0, 0.05) is 12.7 Å². The number of rotatable bonds is 4. The normalized spacial score (nSPS) is 16.1. The van der Waals surface area contributed by atoms with Crippen LogP contribution in [-0.2, 0) is 0 Å². The van der Waals surface area contributed by atoms with E-state index in [4.69, 9.17) is 5.73 Å². The largest absolute Gasteiger partial charge is 0.383 e. The molecular formula is C21H21FN6O2. The van der Waals surface area contributed by atoms with E-state index in [0.29, 0.717) is 42.2 Å². The van der Waals surface area contributed by atoms with E-state index in [1.165, 1.54) is 41.3 Å². The quantitative estimate of drug-likeness (QED) is 0.665. The Bertz CT molecular complexity index is 1130. The molecule has 0 unspecified atom stereocenters. The standard InChI is InChI=1S/C21H21FN6O2/c1-12-16(10-24-13(2)26-12)21(30)27-9-3-4-18(27)19(29)17-11-25-28(20(17)23)15-7-5-14(22)6-8-15/h5-8,10-11,18H,3-4,9,23H2,1-2H3/t18-/m0/s1. The molecule has 0 radical (unpaired) electrons. The molecule has 1 amide bonds. The van der Waals surface area contributed by atoms with Gasteiger partial charge >= 0.3 is 0 Å². The Morgan fingerprint density at radius 1 is 1.13 bits per heavy atom. The number of ketones is 1. The third-order valence-corrected chi connectivity index (χ3v) is 5.29. The lowest BCUT2D eigenvalue weighted by Crippen LogP contribution is -2.41. The summed E-state index contributed by atoms with van der Waals surface area (Å²) in [6.45, 7) is 3.97.